The summed E-state index contributed by atoms with van der Waals surface area (Å²) in [5.74, 6) is 0.833. The normalized spacial score (nSPS) is 11.7. The molecule has 1 heterocycles. The third-order valence-corrected chi connectivity index (χ3v) is 10.1. The standard InChI is InChI=1S/C13H27.C7H9N2O.Sn/c1-4-7-10-13(11-8-5-2)12-9-6-3;1-2-6-10-7-4-3-5-8-9-7;/h4-12H2,1-3H3;3,5H,2,6H2,1H3;. The van der Waals surface area contributed by atoms with E-state index in [1.54, 1.807) is 0 Å². The van der Waals surface area contributed by atoms with Crippen molar-refractivity contribution in [1.82, 2.24) is 10.2 Å². The number of nitrogens with zero attached hydrogens (tertiary/aromatic N) is 2. The first-order valence-corrected chi connectivity index (χ1v) is 12.8. The first-order valence-electron chi connectivity index (χ1n) is 9.94. The molecule has 0 amide bonds. The van der Waals surface area contributed by atoms with Gasteiger partial charge in [0.1, 0.15) is 0 Å². The molecule has 4 heteroatoms. The summed E-state index contributed by atoms with van der Waals surface area (Å²) in [5, 5.41) is 8.38. The zero-order valence-corrected chi connectivity index (χ0v) is 19.1. The summed E-state index contributed by atoms with van der Waals surface area (Å²) >= 11 is -0.793. The molecule has 0 fully saturated rings. The van der Waals surface area contributed by atoms with Gasteiger partial charge in [-0.15, -0.1) is 0 Å². The van der Waals surface area contributed by atoms with E-state index >= 15 is 0 Å². The number of aromatic nitrogens is 2. The van der Waals surface area contributed by atoms with Crippen molar-refractivity contribution in [2.75, 3.05) is 6.61 Å². The fraction of sp³-hybridized carbons (Fsp3) is 0.800. The van der Waals surface area contributed by atoms with Crippen molar-refractivity contribution in [3.05, 3.63) is 12.3 Å². The average molecular weight is 439 g/mol. The van der Waals surface area contributed by atoms with Gasteiger partial charge in [-0.3, -0.25) is 0 Å². The van der Waals surface area contributed by atoms with E-state index in [2.05, 4.69) is 44.0 Å². The third kappa shape index (κ3) is 7.71. The van der Waals surface area contributed by atoms with E-state index in [1.807, 2.05) is 6.20 Å². The predicted molar refractivity (Wildman–Crippen MR) is 104 cm³/mol. The van der Waals surface area contributed by atoms with Gasteiger partial charge in [-0.2, -0.15) is 0 Å². The van der Waals surface area contributed by atoms with Crippen LogP contribution in [-0.2, 0) is 0 Å². The van der Waals surface area contributed by atoms with Crippen LogP contribution in [0.1, 0.15) is 91.9 Å². The third-order valence-electron chi connectivity index (χ3n) is 4.56. The molecule has 0 aromatic carbocycles. The van der Waals surface area contributed by atoms with Gasteiger partial charge in [0.25, 0.3) is 0 Å². The molecule has 0 unspecified atom stereocenters. The van der Waals surface area contributed by atoms with Crippen molar-refractivity contribution in [3.8, 4) is 5.88 Å². The molecule has 0 atom stereocenters. The molecule has 0 saturated carbocycles. The van der Waals surface area contributed by atoms with E-state index in [9.17, 15) is 0 Å². The topological polar surface area (TPSA) is 35.0 Å². The van der Waals surface area contributed by atoms with Crippen LogP contribution in [0.3, 0.4) is 0 Å². The Bertz CT molecular complexity index is 418. The summed E-state index contributed by atoms with van der Waals surface area (Å²) in [4.78, 5) is 0. The Morgan fingerprint density at radius 2 is 1.50 bits per heavy atom. The van der Waals surface area contributed by atoms with E-state index in [0.717, 1.165) is 18.9 Å². The number of hydrogen-bond acceptors (Lipinski definition) is 3. The number of ether oxygens (including phenoxy) is 1. The van der Waals surface area contributed by atoms with E-state index in [0.29, 0.717) is 3.43 Å². The molecule has 0 spiro atoms. The fourth-order valence-corrected chi connectivity index (χ4v) is 8.43. The molecule has 0 N–H and O–H groups in total. The van der Waals surface area contributed by atoms with E-state index in [-0.39, 0.29) is 0 Å². The molecule has 1 rings (SSSR count). The molecule has 136 valence electrons. The van der Waals surface area contributed by atoms with Crippen molar-refractivity contribution in [2.45, 2.75) is 95.3 Å². The van der Waals surface area contributed by atoms with E-state index in [1.165, 1.54) is 61.4 Å². The van der Waals surface area contributed by atoms with Crippen molar-refractivity contribution in [1.29, 1.82) is 0 Å². The minimum atomic E-state index is -0.793. The Hall–Kier alpha value is -0.321. The van der Waals surface area contributed by atoms with Gasteiger partial charge in [0.15, 0.2) is 0 Å². The van der Waals surface area contributed by atoms with Crippen LogP contribution in [0.15, 0.2) is 12.3 Å². The minimum absolute atomic E-state index is 0.568. The van der Waals surface area contributed by atoms with Gasteiger partial charge in [0, 0.05) is 0 Å². The summed E-state index contributed by atoms with van der Waals surface area (Å²) in [6, 6.07) is 2.20. The Labute approximate surface area is 159 Å². The Kier molecular flexibility index (Phi) is 11.7. The van der Waals surface area contributed by atoms with Gasteiger partial charge in [-0.25, -0.2) is 0 Å². The van der Waals surface area contributed by atoms with Crippen LogP contribution in [-0.4, -0.2) is 37.9 Å². The summed E-state index contributed by atoms with van der Waals surface area (Å²) in [7, 11) is 0. The SMILES string of the molecule is CCCC[C](CCCC)(CCCC)[Sn][c]1ccnnc1OCCC. The van der Waals surface area contributed by atoms with Crippen LogP contribution in [0.25, 0.3) is 0 Å². The van der Waals surface area contributed by atoms with Gasteiger partial charge in [0.2, 0.25) is 0 Å². The summed E-state index contributed by atoms with van der Waals surface area (Å²) < 4.78 is 7.90. The van der Waals surface area contributed by atoms with Crippen LogP contribution in [0.4, 0.5) is 0 Å². The number of rotatable bonds is 14. The van der Waals surface area contributed by atoms with Crippen molar-refractivity contribution < 1.29 is 4.74 Å². The zero-order chi connectivity index (χ0) is 17.7. The molecule has 24 heavy (non-hydrogen) atoms. The van der Waals surface area contributed by atoms with Crippen LogP contribution in [0.5, 0.6) is 5.88 Å². The maximum atomic E-state index is 5.91. The van der Waals surface area contributed by atoms with Gasteiger partial charge >= 0.3 is 160 Å². The molecule has 1 aromatic heterocycles. The second-order valence-corrected chi connectivity index (χ2v) is 12.1. The maximum absolute atomic E-state index is 5.91. The molecule has 2 radical (unpaired) electrons. The van der Waals surface area contributed by atoms with Gasteiger partial charge in [-0.05, 0) is 0 Å². The Morgan fingerprint density at radius 1 is 0.917 bits per heavy atom. The second kappa shape index (κ2) is 13.0. The van der Waals surface area contributed by atoms with Crippen LogP contribution in [0, 0.1) is 0 Å². The molecular formula is C20H36N2OSn. The number of hydrogen-bond donors (Lipinski definition) is 0. The molecule has 0 aliphatic heterocycles. The Morgan fingerprint density at radius 3 is 2.00 bits per heavy atom. The van der Waals surface area contributed by atoms with Crippen LogP contribution < -0.4 is 8.32 Å². The molecular weight excluding hydrogens is 403 g/mol. The van der Waals surface area contributed by atoms with Crippen molar-refractivity contribution in [3.63, 3.8) is 0 Å². The fourth-order valence-electron chi connectivity index (χ4n) is 3.11. The second-order valence-electron chi connectivity index (χ2n) is 6.81. The first-order chi connectivity index (χ1) is 11.7. The average Bonchev–Trinajstić information content (AvgIpc) is 2.62. The van der Waals surface area contributed by atoms with Crippen molar-refractivity contribution in [2.24, 2.45) is 0 Å². The Balaban J connectivity index is 2.99. The van der Waals surface area contributed by atoms with Gasteiger partial charge in [0.05, 0.1) is 0 Å². The van der Waals surface area contributed by atoms with Gasteiger partial charge in [-0.1, -0.05) is 0 Å². The van der Waals surface area contributed by atoms with Crippen LogP contribution in [0.2, 0.25) is 3.43 Å². The molecule has 0 saturated heterocycles. The quantitative estimate of drug-likeness (QED) is 0.368. The van der Waals surface area contributed by atoms with Crippen molar-refractivity contribution >= 4 is 24.7 Å². The van der Waals surface area contributed by atoms with E-state index in [4.69, 9.17) is 4.74 Å². The monoisotopic (exact) mass is 440 g/mol. The van der Waals surface area contributed by atoms with Gasteiger partial charge < -0.3 is 0 Å². The predicted octanol–water partition coefficient (Wildman–Crippen LogP) is 5.32. The molecule has 0 aliphatic rings. The van der Waals surface area contributed by atoms with E-state index < -0.39 is 21.1 Å². The summed E-state index contributed by atoms with van der Waals surface area (Å²) in [5.41, 5.74) is 0. The van der Waals surface area contributed by atoms with Crippen LogP contribution >= 0.6 is 0 Å². The zero-order valence-electron chi connectivity index (χ0n) is 16.2. The summed E-state index contributed by atoms with van der Waals surface area (Å²) in [6.07, 6.45) is 15.0. The molecule has 0 bridgehead atoms. The molecule has 1 aromatic rings. The first kappa shape index (κ1) is 21.7. The molecule has 3 nitrogen and oxygen atoms in total. The molecule has 0 aliphatic carbocycles. The summed E-state index contributed by atoms with van der Waals surface area (Å²) in [6.45, 7) is 9.85. The number of unbranched alkanes of at least 4 members (excludes halogenated alkanes) is 3.